The molecule has 4 rings (SSSR count). The number of rotatable bonds is 5. The van der Waals surface area contributed by atoms with E-state index in [1.165, 1.54) is 11.8 Å². The summed E-state index contributed by atoms with van der Waals surface area (Å²) in [6, 6.07) is 13.9. The normalized spacial score (nSPS) is 17.2. The molecule has 3 amide bonds. The second kappa shape index (κ2) is 8.84. The standard InChI is InChI=1S/C24H26N4O4/c1-16(29)25-17-8-10-18(11-9-17)28-23(30)21(19-6-4-5-7-20(19)32-3)22(24(28)31)27-14-12-26(2)13-15-27/h4-11H,12-15H2,1-3H3,(H,25,29). The van der Waals surface area contributed by atoms with E-state index in [0.29, 0.717) is 47.0 Å². The summed E-state index contributed by atoms with van der Waals surface area (Å²) in [5.74, 6) is -0.393. The largest absolute Gasteiger partial charge is 0.496 e. The van der Waals surface area contributed by atoms with Gasteiger partial charge in [-0.15, -0.1) is 0 Å². The minimum Gasteiger partial charge on any atom is -0.496 e. The Balaban J connectivity index is 1.77. The van der Waals surface area contributed by atoms with Crippen molar-refractivity contribution in [2.45, 2.75) is 6.92 Å². The van der Waals surface area contributed by atoms with E-state index >= 15 is 0 Å². The number of nitrogens with zero attached hydrogens (tertiary/aromatic N) is 3. The second-order valence-electron chi connectivity index (χ2n) is 7.89. The van der Waals surface area contributed by atoms with E-state index in [9.17, 15) is 14.4 Å². The summed E-state index contributed by atoms with van der Waals surface area (Å²) in [5.41, 5.74) is 2.39. The van der Waals surface area contributed by atoms with Gasteiger partial charge in [-0.3, -0.25) is 14.4 Å². The van der Waals surface area contributed by atoms with Crippen LogP contribution >= 0.6 is 0 Å². The van der Waals surface area contributed by atoms with Crippen molar-refractivity contribution in [3.8, 4) is 5.75 Å². The minimum absolute atomic E-state index is 0.191. The van der Waals surface area contributed by atoms with Crippen molar-refractivity contribution in [2.24, 2.45) is 0 Å². The molecule has 1 fully saturated rings. The Bertz CT molecular complexity index is 1090. The zero-order chi connectivity index (χ0) is 22.8. The fourth-order valence-corrected chi connectivity index (χ4v) is 4.07. The Morgan fingerprint density at radius 1 is 0.938 bits per heavy atom. The van der Waals surface area contributed by atoms with Gasteiger partial charge in [-0.25, -0.2) is 4.90 Å². The molecular formula is C24H26N4O4. The number of hydrogen-bond donors (Lipinski definition) is 1. The highest BCUT2D eigenvalue weighted by molar-refractivity contribution is 6.45. The molecule has 0 saturated carbocycles. The number of imide groups is 1. The smallest absolute Gasteiger partial charge is 0.282 e. The van der Waals surface area contributed by atoms with Gasteiger partial charge in [0.25, 0.3) is 11.8 Å². The van der Waals surface area contributed by atoms with Crippen molar-refractivity contribution in [1.29, 1.82) is 0 Å². The highest BCUT2D eigenvalue weighted by atomic mass is 16.5. The molecule has 0 aliphatic carbocycles. The molecule has 8 nitrogen and oxygen atoms in total. The molecular weight excluding hydrogens is 408 g/mol. The lowest BCUT2D eigenvalue weighted by Gasteiger charge is -2.34. The number of hydrogen-bond acceptors (Lipinski definition) is 6. The van der Waals surface area contributed by atoms with Crippen LogP contribution in [0.15, 0.2) is 54.2 Å². The lowest BCUT2D eigenvalue weighted by Crippen LogP contribution is -2.46. The van der Waals surface area contributed by atoms with Crippen LogP contribution in [0.25, 0.3) is 5.57 Å². The zero-order valence-electron chi connectivity index (χ0n) is 18.4. The Morgan fingerprint density at radius 3 is 2.22 bits per heavy atom. The van der Waals surface area contributed by atoms with Gasteiger partial charge >= 0.3 is 0 Å². The molecule has 0 aromatic heterocycles. The topological polar surface area (TPSA) is 82.2 Å². The SMILES string of the molecule is COc1ccccc1C1=C(N2CCN(C)CC2)C(=O)N(c2ccc(NC(C)=O)cc2)C1=O. The van der Waals surface area contributed by atoms with Crippen molar-refractivity contribution in [3.05, 3.63) is 59.8 Å². The number of nitrogens with one attached hydrogen (secondary N) is 1. The molecule has 0 atom stereocenters. The molecule has 2 aliphatic rings. The van der Waals surface area contributed by atoms with Crippen molar-refractivity contribution in [1.82, 2.24) is 9.80 Å². The van der Waals surface area contributed by atoms with E-state index in [2.05, 4.69) is 10.2 Å². The number of carbonyl (C=O) groups excluding carboxylic acids is 3. The van der Waals surface area contributed by atoms with Crippen LogP contribution in [0.5, 0.6) is 5.75 Å². The molecule has 32 heavy (non-hydrogen) atoms. The summed E-state index contributed by atoms with van der Waals surface area (Å²) in [4.78, 5) is 44.0. The van der Waals surface area contributed by atoms with Gasteiger partial charge in [-0.2, -0.15) is 0 Å². The Kier molecular flexibility index (Phi) is 5.96. The molecule has 0 bridgehead atoms. The highest BCUT2D eigenvalue weighted by Gasteiger charge is 2.43. The first kappa shape index (κ1) is 21.6. The first-order valence-corrected chi connectivity index (χ1v) is 10.5. The van der Waals surface area contributed by atoms with Crippen molar-refractivity contribution < 1.29 is 19.1 Å². The maximum Gasteiger partial charge on any atom is 0.282 e. The Labute approximate surface area is 187 Å². The van der Waals surface area contributed by atoms with Crippen LogP contribution in [0.3, 0.4) is 0 Å². The van der Waals surface area contributed by atoms with Crippen molar-refractivity contribution in [3.63, 3.8) is 0 Å². The number of piperazine rings is 1. The number of anilines is 2. The third-order valence-electron chi connectivity index (χ3n) is 5.70. The van der Waals surface area contributed by atoms with Gasteiger partial charge in [0, 0.05) is 44.4 Å². The summed E-state index contributed by atoms with van der Waals surface area (Å²) in [5, 5.41) is 2.69. The van der Waals surface area contributed by atoms with E-state index in [1.54, 1.807) is 43.5 Å². The van der Waals surface area contributed by atoms with Crippen LogP contribution in [-0.2, 0) is 14.4 Å². The summed E-state index contributed by atoms with van der Waals surface area (Å²) in [6.45, 7) is 4.33. The highest BCUT2D eigenvalue weighted by Crippen LogP contribution is 2.38. The summed E-state index contributed by atoms with van der Waals surface area (Å²) in [6.07, 6.45) is 0. The van der Waals surface area contributed by atoms with Crippen molar-refractivity contribution in [2.75, 3.05) is 50.6 Å². The zero-order valence-corrected chi connectivity index (χ0v) is 18.4. The fourth-order valence-electron chi connectivity index (χ4n) is 4.07. The number of benzene rings is 2. The van der Waals surface area contributed by atoms with Crippen LogP contribution in [-0.4, -0.2) is 67.9 Å². The van der Waals surface area contributed by atoms with Gasteiger partial charge in [0.05, 0.1) is 18.4 Å². The first-order valence-electron chi connectivity index (χ1n) is 10.5. The predicted molar refractivity (Wildman–Crippen MR) is 122 cm³/mol. The summed E-state index contributed by atoms with van der Waals surface area (Å²) in [7, 11) is 3.59. The number of amides is 3. The molecule has 2 aromatic carbocycles. The quantitative estimate of drug-likeness (QED) is 0.727. The van der Waals surface area contributed by atoms with E-state index in [0.717, 1.165) is 13.1 Å². The Morgan fingerprint density at radius 2 is 1.59 bits per heavy atom. The minimum atomic E-state index is -0.388. The molecule has 1 saturated heterocycles. The summed E-state index contributed by atoms with van der Waals surface area (Å²) < 4.78 is 5.50. The van der Waals surface area contributed by atoms with Crippen LogP contribution in [0.2, 0.25) is 0 Å². The number of likely N-dealkylation sites (N-methyl/N-ethyl adjacent to an activating group) is 1. The molecule has 2 aromatic rings. The average molecular weight is 434 g/mol. The van der Waals surface area contributed by atoms with Gasteiger partial charge in [-0.1, -0.05) is 18.2 Å². The molecule has 1 N–H and O–H groups in total. The van der Waals surface area contributed by atoms with Gasteiger partial charge in [0.15, 0.2) is 0 Å². The lowest BCUT2D eigenvalue weighted by molar-refractivity contribution is -0.121. The lowest BCUT2D eigenvalue weighted by atomic mass is 10.0. The molecule has 0 spiro atoms. The van der Waals surface area contributed by atoms with Gasteiger partial charge in [-0.05, 0) is 37.4 Å². The Hall–Kier alpha value is -3.65. The van der Waals surface area contributed by atoms with E-state index in [4.69, 9.17) is 4.74 Å². The average Bonchev–Trinajstić information content (AvgIpc) is 3.04. The summed E-state index contributed by atoms with van der Waals surface area (Å²) >= 11 is 0. The first-order chi connectivity index (χ1) is 15.4. The third-order valence-corrected chi connectivity index (χ3v) is 5.70. The maximum atomic E-state index is 13.6. The van der Waals surface area contributed by atoms with Crippen molar-refractivity contribution >= 4 is 34.7 Å². The second-order valence-corrected chi connectivity index (χ2v) is 7.89. The molecule has 2 aliphatic heterocycles. The van der Waals surface area contributed by atoms with E-state index in [1.807, 2.05) is 24.1 Å². The van der Waals surface area contributed by atoms with E-state index in [-0.39, 0.29) is 17.7 Å². The van der Waals surface area contributed by atoms with Gasteiger partial charge < -0.3 is 19.9 Å². The monoisotopic (exact) mass is 434 g/mol. The molecule has 8 heteroatoms. The van der Waals surface area contributed by atoms with Crippen LogP contribution in [0.1, 0.15) is 12.5 Å². The van der Waals surface area contributed by atoms with Crippen LogP contribution in [0.4, 0.5) is 11.4 Å². The number of carbonyl (C=O) groups is 3. The maximum absolute atomic E-state index is 13.6. The number of methoxy groups -OCH3 is 1. The number of ether oxygens (including phenoxy) is 1. The van der Waals surface area contributed by atoms with Crippen LogP contribution < -0.4 is 15.0 Å². The molecule has 166 valence electrons. The fraction of sp³-hybridized carbons (Fsp3) is 0.292. The van der Waals surface area contributed by atoms with Gasteiger partial charge in [0.1, 0.15) is 11.4 Å². The predicted octanol–water partition coefficient (Wildman–Crippen LogP) is 2.19. The van der Waals surface area contributed by atoms with Crippen LogP contribution in [0, 0.1) is 0 Å². The number of para-hydroxylation sites is 1. The molecule has 0 unspecified atom stereocenters. The molecule has 2 heterocycles. The van der Waals surface area contributed by atoms with E-state index < -0.39 is 0 Å². The van der Waals surface area contributed by atoms with Gasteiger partial charge in [0.2, 0.25) is 5.91 Å². The molecule has 0 radical (unpaired) electrons. The third kappa shape index (κ3) is 3.97.